The normalized spacial score (nSPS) is 17.6. The highest BCUT2D eigenvalue weighted by atomic mass is 32.1. The van der Waals surface area contributed by atoms with Gasteiger partial charge in [0.2, 0.25) is 11.7 Å². The van der Waals surface area contributed by atoms with Gasteiger partial charge in [-0.2, -0.15) is 16.3 Å². The molecule has 0 radical (unpaired) electrons. The summed E-state index contributed by atoms with van der Waals surface area (Å²) in [7, 11) is 0. The summed E-state index contributed by atoms with van der Waals surface area (Å²) in [6, 6.07) is 7.59. The highest BCUT2D eigenvalue weighted by molar-refractivity contribution is 7.08. The third-order valence-corrected chi connectivity index (χ3v) is 5.05. The molecule has 1 atom stereocenters. The Bertz CT molecular complexity index is 861. The predicted octanol–water partition coefficient (Wildman–Crippen LogP) is 3.96. The molecule has 5 nitrogen and oxygen atoms in total. The minimum Gasteiger partial charge on any atom is -0.339 e. The first-order chi connectivity index (χ1) is 12.2. The van der Waals surface area contributed by atoms with Crippen molar-refractivity contribution in [1.29, 1.82) is 0 Å². The summed E-state index contributed by atoms with van der Waals surface area (Å²) < 4.78 is 18.5. The fourth-order valence-electron chi connectivity index (χ4n) is 3.05. The van der Waals surface area contributed by atoms with Crippen molar-refractivity contribution < 1.29 is 13.7 Å². The topological polar surface area (TPSA) is 59.2 Å². The lowest BCUT2D eigenvalue weighted by Gasteiger charge is -2.31. The zero-order chi connectivity index (χ0) is 17.2. The van der Waals surface area contributed by atoms with Crippen LogP contribution in [0.1, 0.15) is 35.0 Å². The Morgan fingerprint density at radius 1 is 1.28 bits per heavy atom. The van der Waals surface area contributed by atoms with Crippen LogP contribution >= 0.6 is 11.3 Å². The Kier molecular flexibility index (Phi) is 4.31. The molecule has 1 aliphatic rings. The van der Waals surface area contributed by atoms with Gasteiger partial charge < -0.3 is 9.42 Å². The molecule has 0 bridgehead atoms. The van der Waals surface area contributed by atoms with Gasteiger partial charge in [0, 0.05) is 29.6 Å². The van der Waals surface area contributed by atoms with E-state index in [4.69, 9.17) is 4.52 Å². The minimum absolute atomic E-state index is 0.0260. The van der Waals surface area contributed by atoms with E-state index in [0.29, 0.717) is 30.4 Å². The summed E-state index contributed by atoms with van der Waals surface area (Å²) in [5, 5.41) is 7.99. The summed E-state index contributed by atoms with van der Waals surface area (Å²) in [5.74, 6) is 0.733. The van der Waals surface area contributed by atoms with E-state index < -0.39 is 0 Å². The number of carbonyl (C=O) groups is 1. The summed E-state index contributed by atoms with van der Waals surface area (Å²) in [6.45, 7) is 1.21. The molecule has 1 unspecified atom stereocenters. The molecule has 2 aromatic heterocycles. The van der Waals surface area contributed by atoms with Gasteiger partial charge in [0.05, 0.1) is 5.92 Å². The Hall–Kier alpha value is -2.54. The number of likely N-dealkylation sites (tertiary alicyclic amines) is 1. The Balaban J connectivity index is 1.49. The quantitative estimate of drug-likeness (QED) is 0.712. The van der Waals surface area contributed by atoms with Gasteiger partial charge in [0.25, 0.3) is 5.91 Å². The van der Waals surface area contributed by atoms with Crippen LogP contribution in [0.25, 0.3) is 11.4 Å². The number of aromatic nitrogens is 2. The van der Waals surface area contributed by atoms with Gasteiger partial charge in [-0.05, 0) is 48.6 Å². The maximum atomic E-state index is 13.0. The zero-order valence-corrected chi connectivity index (χ0v) is 14.2. The first-order valence-corrected chi connectivity index (χ1v) is 9.06. The van der Waals surface area contributed by atoms with E-state index in [-0.39, 0.29) is 17.6 Å². The molecule has 0 spiro atoms. The fraction of sp³-hybridized carbons (Fsp3) is 0.278. The first-order valence-electron chi connectivity index (χ1n) is 8.12. The summed E-state index contributed by atoms with van der Waals surface area (Å²) >= 11 is 1.58. The van der Waals surface area contributed by atoms with Crippen LogP contribution in [0.2, 0.25) is 0 Å². The summed E-state index contributed by atoms with van der Waals surface area (Å²) in [5.41, 5.74) is 1.43. The van der Waals surface area contributed by atoms with Crippen LogP contribution in [-0.2, 0) is 0 Å². The van der Waals surface area contributed by atoms with Crippen LogP contribution in [0.15, 0.2) is 45.6 Å². The summed E-state index contributed by atoms with van der Waals surface area (Å²) in [6.07, 6.45) is 1.77. The molecule has 1 aliphatic heterocycles. The van der Waals surface area contributed by atoms with Crippen molar-refractivity contribution in [3.63, 3.8) is 0 Å². The van der Waals surface area contributed by atoms with Gasteiger partial charge in [-0.3, -0.25) is 4.79 Å². The minimum atomic E-state index is -0.347. The number of benzene rings is 1. The molecular formula is C18H16FN3O2S. The molecule has 0 saturated carbocycles. The predicted molar refractivity (Wildman–Crippen MR) is 91.9 cm³/mol. The number of hydrogen-bond donors (Lipinski definition) is 0. The third kappa shape index (κ3) is 3.32. The SMILES string of the molecule is O=C(c1ccc(F)cc1)N1CCCC(c2nc(-c3ccsc3)no2)C1. The van der Waals surface area contributed by atoms with Crippen molar-refractivity contribution in [2.24, 2.45) is 0 Å². The van der Waals surface area contributed by atoms with Crippen LogP contribution in [0.3, 0.4) is 0 Å². The number of halogens is 1. The zero-order valence-electron chi connectivity index (χ0n) is 13.4. The van der Waals surface area contributed by atoms with E-state index >= 15 is 0 Å². The molecule has 1 amide bonds. The lowest BCUT2D eigenvalue weighted by molar-refractivity contribution is 0.0695. The average molecular weight is 357 g/mol. The molecule has 128 valence electrons. The van der Waals surface area contributed by atoms with Gasteiger partial charge in [-0.25, -0.2) is 4.39 Å². The molecule has 3 heterocycles. The number of thiophene rings is 1. The van der Waals surface area contributed by atoms with Crippen molar-refractivity contribution in [2.45, 2.75) is 18.8 Å². The fourth-order valence-corrected chi connectivity index (χ4v) is 3.68. The molecule has 4 rings (SSSR count). The van der Waals surface area contributed by atoms with Crippen molar-refractivity contribution in [1.82, 2.24) is 15.0 Å². The van der Waals surface area contributed by atoms with Crippen molar-refractivity contribution in [3.05, 3.63) is 58.4 Å². The second-order valence-corrected chi connectivity index (χ2v) is 6.85. The maximum Gasteiger partial charge on any atom is 0.253 e. The van der Waals surface area contributed by atoms with Crippen molar-refractivity contribution >= 4 is 17.2 Å². The smallest absolute Gasteiger partial charge is 0.253 e. The number of nitrogens with zero attached hydrogens (tertiary/aromatic N) is 3. The highest BCUT2D eigenvalue weighted by Crippen LogP contribution is 2.28. The molecule has 25 heavy (non-hydrogen) atoms. The second-order valence-electron chi connectivity index (χ2n) is 6.07. The van der Waals surface area contributed by atoms with Gasteiger partial charge in [-0.15, -0.1) is 0 Å². The third-order valence-electron chi connectivity index (χ3n) is 4.37. The Morgan fingerprint density at radius 2 is 2.12 bits per heavy atom. The standard InChI is InChI=1S/C18H16FN3O2S/c19-15-5-3-12(4-6-15)18(23)22-8-1-2-13(10-22)17-20-16(21-24-17)14-7-9-25-11-14/h3-7,9,11,13H,1-2,8,10H2. The molecule has 0 aliphatic carbocycles. The summed E-state index contributed by atoms with van der Waals surface area (Å²) in [4.78, 5) is 18.9. The van der Waals surface area contributed by atoms with Crippen LogP contribution in [-0.4, -0.2) is 34.0 Å². The van der Waals surface area contributed by atoms with Crippen molar-refractivity contribution in [3.8, 4) is 11.4 Å². The lowest BCUT2D eigenvalue weighted by atomic mass is 9.97. The Labute approximate surface area is 148 Å². The molecule has 1 saturated heterocycles. The molecule has 3 aromatic rings. The van der Waals surface area contributed by atoms with Gasteiger partial charge in [0.1, 0.15) is 5.82 Å². The molecule has 7 heteroatoms. The lowest BCUT2D eigenvalue weighted by Crippen LogP contribution is -2.39. The molecule has 1 fully saturated rings. The average Bonchev–Trinajstić information content (AvgIpc) is 3.33. The number of piperidine rings is 1. The van der Waals surface area contributed by atoms with Crippen molar-refractivity contribution in [2.75, 3.05) is 13.1 Å². The van der Waals surface area contributed by atoms with Crippen LogP contribution in [0.5, 0.6) is 0 Å². The first kappa shape index (κ1) is 16.0. The molecule has 0 N–H and O–H groups in total. The van der Waals surface area contributed by atoms with Crippen LogP contribution in [0.4, 0.5) is 4.39 Å². The van der Waals surface area contributed by atoms with E-state index in [0.717, 1.165) is 18.4 Å². The van der Waals surface area contributed by atoms with Gasteiger partial charge >= 0.3 is 0 Å². The molecule has 1 aromatic carbocycles. The van der Waals surface area contributed by atoms with E-state index in [1.165, 1.54) is 24.3 Å². The number of carbonyl (C=O) groups excluding carboxylic acids is 1. The van der Waals surface area contributed by atoms with E-state index in [1.807, 2.05) is 16.8 Å². The number of hydrogen-bond acceptors (Lipinski definition) is 5. The van der Waals surface area contributed by atoms with E-state index in [2.05, 4.69) is 10.1 Å². The monoisotopic (exact) mass is 357 g/mol. The second kappa shape index (κ2) is 6.76. The largest absolute Gasteiger partial charge is 0.339 e. The van der Waals surface area contributed by atoms with E-state index in [1.54, 1.807) is 16.2 Å². The number of amides is 1. The maximum absolute atomic E-state index is 13.0. The van der Waals surface area contributed by atoms with Gasteiger partial charge in [-0.1, -0.05) is 5.16 Å². The Morgan fingerprint density at radius 3 is 2.88 bits per heavy atom. The molecular weight excluding hydrogens is 341 g/mol. The van der Waals surface area contributed by atoms with Gasteiger partial charge in [0.15, 0.2) is 0 Å². The number of rotatable bonds is 3. The van der Waals surface area contributed by atoms with E-state index in [9.17, 15) is 9.18 Å². The van der Waals surface area contributed by atoms with Crippen LogP contribution < -0.4 is 0 Å². The highest BCUT2D eigenvalue weighted by Gasteiger charge is 2.29. The van der Waals surface area contributed by atoms with Crippen LogP contribution in [0, 0.1) is 5.82 Å².